The van der Waals surface area contributed by atoms with E-state index in [1.54, 1.807) is 55.4 Å². The van der Waals surface area contributed by atoms with Crippen LogP contribution in [0, 0.1) is 0 Å². The Kier molecular flexibility index (Phi) is 36.6. The number of likely N-dealkylation sites (tertiary alicyclic amines) is 1. The van der Waals surface area contributed by atoms with Crippen LogP contribution in [-0.4, -0.2) is 210 Å². The highest BCUT2D eigenvalue weighted by Gasteiger charge is 2.38. The molecule has 2 fully saturated rings. The monoisotopic (exact) mass is 2040 g/mol. The van der Waals surface area contributed by atoms with Gasteiger partial charge in [-0.15, -0.1) is 21.8 Å². The van der Waals surface area contributed by atoms with Crippen LogP contribution in [0.15, 0.2) is 108 Å². The van der Waals surface area contributed by atoms with Gasteiger partial charge in [0.05, 0.1) is 69.2 Å². The van der Waals surface area contributed by atoms with E-state index in [1.807, 2.05) is 0 Å². The van der Waals surface area contributed by atoms with Crippen molar-refractivity contribution < 1.29 is 111 Å². The maximum atomic E-state index is 13.3. The number of rotatable bonds is 12. The van der Waals surface area contributed by atoms with Gasteiger partial charge in [0.1, 0.15) is 98.2 Å². The van der Waals surface area contributed by atoms with Crippen molar-refractivity contribution in [2.45, 2.75) is 130 Å². The molecule has 1 amide bonds. The Labute approximate surface area is 742 Å². The van der Waals surface area contributed by atoms with Gasteiger partial charge in [-0.3, -0.25) is 62.3 Å². The number of alkyl halides is 12. The van der Waals surface area contributed by atoms with E-state index in [9.17, 15) is 96.2 Å². The van der Waals surface area contributed by atoms with Gasteiger partial charge in [-0.1, -0.05) is 68.9 Å². The van der Waals surface area contributed by atoms with Gasteiger partial charge in [-0.2, -0.15) is 59.9 Å². The molecule has 11 aromatic rings. The number of ether oxygens (including phenoxy) is 4. The van der Waals surface area contributed by atoms with Crippen LogP contribution in [0.25, 0.3) is 66.6 Å². The minimum Gasteiger partial charge on any atom is -0.480 e. The van der Waals surface area contributed by atoms with Crippen LogP contribution < -0.4 is 33.0 Å². The summed E-state index contributed by atoms with van der Waals surface area (Å²) in [6.45, 7) is 14.9. The predicted molar refractivity (Wildman–Crippen MR) is 442 cm³/mol. The van der Waals surface area contributed by atoms with E-state index in [1.165, 1.54) is 23.4 Å². The minimum absolute atomic E-state index is 0. The minimum atomic E-state index is -4.68. The van der Waals surface area contributed by atoms with Crippen molar-refractivity contribution in [1.29, 1.82) is 0 Å². The standard InChI is InChI=1S/C18H14ClF4N5O2.C14H17BrN4O5.C14H8ClF3N4O3.C10H11BrN4O3.C7H5BClF3O2.C4H7BrO2.C4H8FN.ClH/c19-12-2-1-9(5-11(12)18(21,22)23)15-14-16(26-25-15)24-8-28(17(14)30)7-13(29)27-4-3-10(20)6-27;1-5-23-8(20)6-18-7-16-11-9(12(18)21)10(15)17-19(11)13(22)24-14(2,3)4;15-8-2-1-6(3-7(8)14(16,17)18)11-10-12(21-20-11)19-5-22(13(10)25)4-9(23)24;1-10(2,3)18-9(17)15-7-5(6(11)14-15)8(16)13-4-12-7;9-6-2-1-4(8(13)14)3-5(6)7(10,11)12;1-2-7-4(6)3-5;5-4-1-2-6-3-4;/h1-2,5,8,10H,3-4,6-7H2,(H,25,26);7H,5-6H2,1-4H3;1-3,5H,4H2,(H,20,21)(H,23,24);4H,1-3H3,(H,12,13,16);1-3,13-14H;2-3H2,1H3;4,6H,1-3H2;1H. The lowest BCUT2D eigenvalue weighted by Crippen LogP contribution is -2.35. The van der Waals surface area contributed by atoms with Crippen molar-refractivity contribution in [2.24, 2.45) is 0 Å². The largest absolute Gasteiger partial charge is 0.488 e. The van der Waals surface area contributed by atoms with Gasteiger partial charge in [0, 0.05) is 24.2 Å². The lowest BCUT2D eigenvalue weighted by molar-refractivity contribution is -0.144. The lowest BCUT2D eigenvalue weighted by atomic mass is 9.79. The van der Waals surface area contributed by atoms with Crippen molar-refractivity contribution >= 4 is 188 Å². The van der Waals surface area contributed by atoms with E-state index in [0.29, 0.717) is 31.0 Å². The number of benzene rings is 3. The third kappa shape index (κ3) is 28.3. The number of carboxylic acids is 1. The molecule has 0 aliphatic carbocycles. The second kappa shape index (κ2) is 44.2. The van der Waals surface area contributed by atoms with Crippen molar-refractivity contribution in [3.63, 3.8) is 0 Å². The Bertz CT molecular complexity index is 5980. The first-order valence-electron chi connectivity index (χ1n) is 35.7. The number of aromatic amines is 3. The molecule has 0 radical (unpaired) electrons. The molecule has 0 saturated carbocycles. The summed E-state index contributed by atoms with van der Waals surface area (Å²) < 4.78 is 165. The molecule has 0 spiro atoms. The fourth-order valence-corrected chi connectivity index (χ4v) is 12.5. The summed E-state index contributed by atoms with van der Waals surface area (Å²) in [4.78, 5) is 138. The lowest BCUT2D eigenvalue weighted by Gasteiger charge is -2.18. The number of aromatic nitrogens is 16. The summed E-state index contributed by atoms with van der Waals surface area (Å²) in [6, 6.07) is 9.02. The van der Waals surface area contributed by atoms with Gasteiger partial charge in [0.15, 0.2) is 22.6 Å². The number of carbonyl (C=O) groups excluding carboxylic acids is 5. The first-order valence-corrected chi connectivity index (χ1v) is 39.5. The highest BCUT2D eigenvalue weighted by atomic mass is 79.9. The number of aliphatic carboxylic acids is 1. The first kappa shape index (κ1) is 103. The van der Waals surface area contributed by atoms with Crippen LogP contribution in [0.5, 0.6) is 0 Å². The van der Waals surface area contributed by atoms with Crippen LogP contribution in [0.1, 0.15) is 84.9 Å². The topological polar surface area (TPSA) is 459 Å². The zero-order valence-corrected chi connectivity index (χ0v) is 73.7. The van der Waals surface area contributed by atoms with E-state index in [4.69, 9.17) is 64.2 Å². The van der Waals surface area contributed by atoms with E-state index < -0.39 is 134 Å². The number of fused-ring (bicyclic) bond motifs is 4. The van der Waals surface area contributed by atoms with Gasteiger partial charge < -0.3 is 49.3 Å². The molecule has 2 aliphatic rings. The Morgan fingerprint density at radius 3 is 1.41 bits per heavy atom. The Hall–Kier alpha value is -10.3. The van der Waals surface area contributed by atoms with E-state index in [0.717, 1.165) is 85.0 Å². The molecule has 676 valence electrons. The molecule has 125 heavy (non-hydrogen) atoms. The van der Waals surface area contributed by atoms with Crippen LogP contribution in [-0.2, 0) is 76.3 Å². The van der Waals surface area contributed by atoms with Crippen molar-refractivity contribution in [3.8, 4) is 22.5 Å². The van der Waals surface area contributed by atoms with Gasteiger partial charge in [0.25, 0.3) is 22.2 Å². The number of esters is 2. The van der Waals surface area contributed by atoms with Crippen LogP contribution >= 0.6 is 95.0 Å². The highest BCUT2D eigenvalue weighted by Crippen LogP contribution is 2.40. The number of nitrogens with zero attached hydrogens (tertiary/aromatic N) is 14. The Morgan fingerprint density at radius 1 is 0.576 bits per heavy atom. The summed E-state index contributed by atoms with van der Waals surface area (Å²) in [5.74, 6) is -2.48. The summed E-state index contributed by atoms with van der Waals surface area (Å²) in [7, 11) is -1.94. The third-order valence-corrected chi connectivity index (χ3v) is 18.6. The molecule has 2 unspecified atom stereocenters. The second-order valence-corrected chi connectivity index (χ2v) is 30.9. The molecule has 8 aromatic heterocycles. The zero-order valence-electron chi connectivity index (χ0n) is 65.9. The smallest absolute Gasteiger partial charge is 0.480 e. The maximum Gasteiger partial charge on any atom is 0.488 e. The fraction of sp³-hybridized carbons (Fsp3) is 0.380. The summed E-state index contributed by atoms with van der Waals surface area (Å²) >= 11 is 25.7. The maximum absolute atomic E-state index is 13.3. The van der Waals surface area contributed by atoms with Gasteiger partial charge in [0.2, 0.25) is 5.91 Å². The Morgan fingerprint density at radius 2 is 1.01 bits per heavy atom. The molecule has 0 bridgehead atoms. The average molecular weight is 2050 g/mol. The van der Waals surface area contributed by atoms with Crippen molar-refractivity contribution in [1.82, 2.24) is 88.8 Å². The average Bonchev–Trinajstić information content (AvgIpc) is 1.65. The van der Waals surface area contributed by atoms with E-state index >= 15 is 0 Å². The molecule has 54 heteroatoms. The molecule has 13 rings (SSSR count). The number of hydrogen-bond donors (Lipinski definition) is 7. The van der Waals surface area contributed by atoms with Crippen LogP contribution in [0.4, 0.5) is 57.9 Å². The molecule has 3 aromatic carbocycles. The molecule has 35 nitrogen and oxygen atoms in total. The third-order valence-electron chi connectivity index (χ3n) is 16.1. The number of carbonyl (C=O) groups is 6. The number of carboxylic acid groups (broad SMARTS) is 1. The van der Waals surface area contributed by atoms with Crippen molar-refractivity contribution in [2.75, 3.05) is 44.7 Å². The summed E-state index contributed by atoms with van der Waals surface area (Å²) in [6.07, 6.45) is -11.6. The van der Waals surface area contributed by atoms with Gasteiger partial charge in [-0.05, 0) is 148 Å². The van der Waals surface area contributed by atoms with E-state index in [-0.39, 0.29) is 144 Å². The predicted octanol–water partition coefficient (Wildman–Crippen LogP) is 11.7. The summed E-state index contributed by atoms with van der Waals surface area (Å²) in [5, 5.41) is 48.5. The zero-order chi connectivity index (χ0) is 92.6. The van der Waals surface area contributed by atoms with Crippen molar-refractivity contribution in [3.05, 3.63) is 162 Å². The number of hydrogen-bond acceptors (Lipinski definition) is 25. The van der Waals surface area contributed by atoms with Crippen LogP contribution in [0.3, 0.4) is 0 Å². The molecule has 7 N–H and O–H groups in total. The molecule has 10 heterocycles. The molecule has 2 atom stereocenters. The molecule has 2 saturated heterocycles. The second-order valence-electron chi connectivity index (χ2n) is 27.6. The number of halogens is 18. The fourth-order valence-electron chi connectivity index (χ4n) is 10.7. The highest BCUT2D eigenvalue weighted by molar-refractivity contribution is 9.11. The van der Waals surface area contributed by atoms with Gasteiger partial charge >= 0.3 is 55.7 Å². The molecular formula is C71H71BBr3Cl4F11N18O17. The normalized spacial score (nSPS) is 13.8. The SMILES string of the molecule is CC(C)(C)OC(=O)n1nc(Br)c2c(=O)[nH]cnc21.CCOC(=O)CBr.CCOC(=O)Cn1cnc2c(c(Br)nn2C(=O)OC(C)(C)C)c1=O.Cl.FC1CCNC1.O=C(Cn1cnc2n[nH]c(-c3ccc(Cl)c(C(F)(F)F)c3)c2c1=O)N1CCC(F)C1.O=C(O)Cn1cnc2n[nH]c(-c3ccc(Cl)c(C(F)(F)F)c3)c2c1=O.OB(O)c1ccc(Cl)c(C(F)(F)F)c1. The van der Waals surface area contributed by atoms with E-state index in [2.05, 4.69) is 113 Å². The van der Waals surface area contributed by atoms with Crippen LogP contribution in [0.2, 0.25) is 15.1 Å². The number of nitrogens with one attached hydrogen (secondary N) is 4. The molecular weight excluding hydrogens is 1980 g/mol. The first-order chi connectivity index (χ1) is 57.8. The quantitative estimate of drug-likeness (QED) is 0.0196. The van der Waals surface area contributed by atoms with Gasteiger partial charge in [-0.25, -0.2) is 38.3 Å². The molecule has 2 aliphatic heterocycles. The summed E-state index contributed by atoms with van der Waals surface area (Å²) in [5.41, 5.74) is -6.88. The Balaban J connectivity index is 0.000000236. The number of H-pyrrole nitrogens is 3. The number of amides is 1.